The van der Waals surface area contributed by atoms with Crippen molar-refractivity contribution in [1.29, 1.82) is 0 Å². The van der Waals surface area contributed by atoms with E-state index in [9.17, 15) is 4.79 Å². The lowest BCUT2D eigenvalue weighted by molar-refractivity contribution is -0.120. The zero-order valence-electron chi connectivity index (χ0n) is 10.5. The van der Waals surface area contributed by atoms with Crippen molar-refractivity contribution >= 4 is 34.2 Å². The molecule has 0 aliphatic heterocycles. The van der Waals surface area contributed by atoms with Gasteiger partial charge in [0.2, 0.25) is 11.2 Å². The second-order valence-corrected chi connectivity index (χ2v) is 4.62. The number of amides is 1. The normalized spacial score (nSPS) is 11.1. The molecule has 1 aromatic heterocycles. The average Bonchev–Trinajstić information content (AvgIpc) is 2.70. The summed E-state index contributed by atoms with van der Waals surface area (Å²) in [7, 11) is 0. The fourth-order valence-electron chi connectivity index (χ4n) is 1.96. The summed E-state index contributed by atoms with van der Waals surface area (Å²) >= 11 is 5.78. The number of halogens is 1. The van der Waals surface area contributed by atoms with Crippen LogP contribution in [0.4, 0.5) is 5.69 Å². The summed E-state index contributed by atoms with van der Waals surface area (Å²) < 4.78 is 0. The minimum Gasteiger partial charge on any atom is -0.329 e. The van der Waals surface area contributed by atoms with Gasteiger partial charge in [-0.05, 0) is 42.6 Å². The quantitative estimate of drug-likeness (QED) is 0.888. The fraction of sp³-hybridized carbons (Fsp3) is 0.385. The molecule has 1 amide bonds. The smallest absolute Gasteiger partial charge is 0.227 e. The number of anilines is 1. The highest BCUT2D eigenvalue weighted by atomic mass is 35.5. The maximum Gasteiger partial charge on any atom is 0.227 e. The molecule has 0 radical (unpaired) electrons. The van der Waals surface area contributed by atoms with E-state index >= 15 is 0 Å². The minimum atomic E-state index is 0.0602. The number of hydrogen-bond donors (Lipinski definition) is 2. The SMILES string of the molecule is CCC(CC)C(=O)Nc1ccc2nc(Cl)[nH]c2c1. The Morgan fingerprint density at radius 3 is 2.83 bits per heavy atom. The molecule has 0 bridgehead atoms. The van der Waals surface area contributed by atoms with E-state index in [1.165, 1.54) is 0 Å². The highest BCUT2D eigenvalue weighted by molar-refractivity contribution is 6.29. The first-order chi connectivity index (χ1) is 8.63. The molecule has 0 unspecified atom stereocenters. The molecule has 4 nitrogen and oxygen atoms in total. The molecule has 0 fully saturated rings. The summed E-state index contributed by atoms with van der Waals surface area (Å²) in [6, 6.07) is 5.51. The highest BCUT2D eigenvalue weighted by Crippen LogP contribution is 2.20. The van der Waals surface area contributed by atoms with Crippen LogP contribution < -0.4 is 5.32 Å². The van der Waals surface area contributed by atoms with E-state index in [1.807, 2.05) is 32.0 Å². The molecule has 1 aromatic carbocycles. The van der Waals surface area contributed by atoms with E-state index in [0.717, 1.165) is 29.6 Å². The molecule has 2 aromatic rings. The number of nitrogens with zero attached hydrogens (tertiary/aromatic N) is 1. The Bertz CT molecular complexity index is 560. The molecule has 2 rings (SSSR count). The molecule has 5 heteroatoms. The van der Waals surface area contributed by atoms with Crippen LogP contribution in [-0.4, -0.2) is 15.9 Å². The molecule has 0 atom stereocenters. The van der Waals surface area contributed by atoms with Gasteiger partial charge in [-0.3, -0.25) is 4.79 Å². The minimum absolute atomic E-state index is 0.0602. The van der Waals surface area contributed by atoms with Crippen LogP contribution in [0.2, 0.25) is 5.28 Å². The highest BCUT2D eigenvalue weighted by Gasteiger charge is 2.14. The van der Waals surface area contributed by atoms with Gasteiger partial charge < -0.3 is 10.3 Å². The summed E-state index contributed by atoms with van der Waals surface area (Å²) in [4.78, 5) is 19.0. The second kappa shape index (κ2) is 5.40. The van der Waals surface area contributed by atoms with Crippen LogP contribution in [0.1, 0.15) is 26.7 Å². The number of carbonyl (C=O) groups is 1. The van der Waals surface area contributed by atoms with Gasteiger partial charge in [-0.1, -0.05) is 13.8 Å². The molecular formula is C13H16ClN3O. The number of aromatic amines is 1. The number of rotatable bonds is 4. The first-order valence-corrected chi connectivity index (χ1v) is 6.48. The summed E-state index contributed by atoms with van der Waals surface area (Å²) in [6.45, 7) is 4.04. The van der Waals surface area contributed by atoms with Crippen LogP contribution in [0.15, 0.2) is 18.2 Å². The second-order valence-electron chi connectivity index (χ2n) is 4.26. The van der Waals surface area contributed by atoms with Gasteiger partial charge in [-0.25, -0.2) is 4.98 Å². The van der Waals surface area contributed by atoms with Crippen molar-refractivity contribution in [3.8, 4) is 0 Å². The Labute approximate surface area is 111 Å². The number of H-pyrrole nitrogens is 1. The zero-order valence-corrected chi connectivity index (χ0v) is 11.2. The molecule has 2 N–H and O–H groups in total. The molecule has 18 heavy (non-hydrogen) atoms. The van der Waals surface area contributed by atoms with Gasteiger partial charge in [0, 0.05) is 11.6 Å². The monoisotopic (exact) mass is 265 g/mol. The third-order valence-corrected chi connectivity index (χ3v) is 3.26. The van der Waals surface area contributed by atoms with Gasteiger partial charge in [-0.2, -0.15) is 0 Å². The molecule has 0 aliphatic carbocycles. The van der Waals surface area contributed by atoms with Crippen LogP contribution in [0.25, 0.3) is 11.0 Å². The summed E-state index contributed by atoms with van der Waals surface area (Å²) in [5.74, 6) is 0.121. The van der Waals surface area contributed by atoms with Crippen molar-refractivity contribution in [3.63, 3.8) is 0 Å². The molecule has 0 spiro atoms. The van der Waals surface area contributed by atoms with Crippen molar-refractivity contribution in [2.75, 3.05) is 5.32 Å². The lowest BCUT2D eigenvalue weighted by Gasteiger charge is -2.12. The van der Waals surface area contributed by atoms with E-state index in [-0.39, 0.29) is 11.8 Å². The molecule has 0 saturated heterocycles. The third kappa shape index (κ3) is 2.64. The van der Waals surface area contributed by atoms with Crippen molar-refractivity contribution < 1.29 is 4.79 Å². The van der Waals surface area contributed by atoms with Crippen LogP contribution in [-0.2, 0) is 4.79 Å². The molecule has 0 aliphatic rings. The number of fused-ring (bicyclic) bond motifs is 1. The molecule has 96 valence electrons. The summed E-state index contributed by atoms with van der Waals surface area (Å²) in [5, 5.41) is 3.27. The van der Waals surface area contributed by atoms with E-state index in [0.29, 0.717) is 5.28 Å². The van der Waals surface area contributed by atoms with Gasteiger partial charge in [0.15, 0.2) is 0 Å². The molecule has 1 heterocycles. The summed E-state index contributed by atoms with van der Waals surface area (Å²) in [5.41, 5.74) is 2.38. The number of benzene rings is 1. The van der Waals surface area contributed by atoms with Crippen LogP contribution in [0, 0.1) is 5.92 Å². The van der Waals surface area contributed by atoms with E-state index in [2.05, 4.69) is 15.3 Å². The topological polar surface area (TPSA) is 57.8 Å². The van der Waals surface area contributed by atoms with Crippen LogP contribution in [0.5, 0.6) is 0 Å². The van der Waals surface area contributed by atoms with Crippen molar-refractivity contribution in [1.82, 2.24) is 9.97 Å². The Hall–Kier alpha value is -1.55. The number of carbonyl (C=O) groups excluding carboxylic acids is 1. The van der Waals surface area contributed by atoms with Gasteiger partial charge in [-0.15, -0.1) is 0 Å². The van der Waals surface area contributed by atoms with Gasteiger partial charge in [0.25, 0.3) is 0 Å². The maximum absolute atomic E-state index is 12.0. The van der Waals surface area contributed by atoms with Crippen LogP contribution >= 0.6 is 11.6 Å². The average molecular weight is 266 g/mol. The van der Waals surface area contributed by atoms with E-state index < -0.39 is 0 Å². The van der Waals surface area contributed by atoms with Crippen molar-refractivity contribution in [2.45, 2.75) is 26.7 Å². The standard InChI is InChI=1S/C13H16ClN3O/c1-3-8(4-2)12(18)15-9-5-6-10-11(7-9)17-13(14)16-10/h5-8H,3-4H2,1-2H3,(H,15,18)(H,16,17). The lowest BCUT2D eigenvalue weighted by Crippen LogP contribution is -2.21. The summed E-state index contributed by atoms with van der Waals surface area (Å²) in [6.07, 6.45) is 1.70. The lowest BCUT2D eigenvalue weighted by atomic mass is 10.0. The fourth-order valence-corrected chi connectivity index (χ4v) is 2.15. The number of hydrogen-bond acceptors (Lipinski definition) is 2. The molecule has 0 saturated carbocycles. The van der Waals surface area contributed by atoms with Crippen LogP contribution in [0.3, 0.4) is 0 Å². The number of aromatic nitrogens is 2. The van der Waals surface area contributed by atoms with Crippen molar-refractivity contribution in [2.24, 2.45) is 5.92 Å². The Morgan fingerprint density at radius 1 is 1.44 bits per heavy atom. The van der Waals surface area contributed by atoms with Gasteiger partial charge in [0.05, 0.1) is 11.0 Å². The zero-order chi connectivity index (χ0) is 13.1. The largest absolute Gasteiger partial charge is 0.329 e. The Morgan fingerprint density at radius 2 is 2.17 bits per heavy atom. The first-order valence-electron chi connectivity index (χ1n) is 6.10. The van der Waals surface area contributed by atoms with E-state index in [4.69, 9.17) is 11.6 Å². The Kier molecular flexibility index (Phi) is 3.87. The van der Waals surface area contributed by atoms with E-state index in [1.54, 1.807) is 0 Å². The first kappa shape index (κ1) is 12.9. The van der Waals surface area contributed by atoms with Gasteiger partial charge in [0.1, 0.15) is 0 Å². The maximum atomic E-state index is 12.0. The van der Waals surface area contributed by atoms with Crippen molar-refractivity contribution in [3.05, 3.63) is 23.5 Å². The predicted molar refractivity (Wildman–Crippen MR) is 73.8 cm³/mol. The predicted octanol–water partition coefficient (Wildman–Crippen LogP) is 3.59. The molecular weight excluding hydrogens is 250 g/mol. The van der Waals surface area contributed by atoms with Gasteiger partial charge >= 0.3 is 0 Å². The Balaban J connectivity index is 2.18. The number of imidazole rings is 1. The third-order valence-electron chi connectivity index (χ3n) is 3.08. The number of nitrogens with one attached hydrogen (secondary N) is 2.